The van der Waals surface area contributed by atoms with Crippen molar-refractivity contribution >= 4 is 16.8 Å². The highest BCUT2D eigenvalue weighted by Gasteiger charge is 2.16. The lowest BCUT2D eigenvalue weighted by Gasteiger charge is -2.09. The van der Waals surface area contributed by atoms with Crippen LogP contribution >= 0.6 is 0 Å². The molecule has 2 aromatic heterocycles. The number of aromatic nitrogens is 3. The summed E-state index contributed by atoms with van der Waals surface area (Å²) in [4.78, 5) is 25.5. The normalized spacial score (nSPS) is 11.9. The molecule has 0 aliphatic rings. The maximum Gasteiger partial charge on any atom is 0.227 e. The van der Waals surface area contributed by atoms with Crippen LogP contribution in [-0.2, 0) is 0 Å². The Morgan fingerprint density at radius 2 is 2.19 bits per heavy atom. The van der Waals surface area contributed by atoms with Gasteiger partial charge in [0, 0.05) is 12.7 Å². The van der Waals surface area contributed by atoms with Gasteiger partial charge in [-0.05, 0) is 34.0 Å². The third-order valence-electron chi connectivity index (χ3n) is 2.79. The topological polar surface area (TPSA) is 71.1 Å². The Balaban J connectivity index is 2.35. The molecule has 2 aromatic rings. The van der Waals surface area contributed by atoms with Crippen molar-refractivity contribution in [1.29, 1.82) is 0 Å². The number of hydrogen-bond donors (Lipinski definition) is 1. The van der Waals surface area contributed by atoms with Gasteiger partial charge >= 0.3 is 0 Å². The van der Waals surface area contributed by atoms with Gasteiger partial charge in [-0.15, -0.1) is 0 Å². The number of carbonyl (C=O) groups is 1. The molecule has 0 saturated carbocycles. The Hall–Kier alpha value is -2.21. The predicted molar refractivity (Wildman–Crippen MR) is 81.7 cm³/mol. The van der Waals surface area contributed by atoms with Crippen molar-refractivity contribution in [2.75, 3.05) is 20.6 Å². The van der Waals surface area contributed by atoms with E-state index in [0.717, 1.165) is 0 Å². The van der Waals surface area contributed by atoms with Crippen molar-refractivity contribution < 1.29 is 9.53 Å². The largest absolute Gasteiger partial charge is 0.474 e. The Labute approximate surface area is 123 Å². The maximum absolute atomic E-state index is 12.3. The predicted octanol–water partition coefficient (Wildman–Crippen LogP) is 2.05. The average molecular weight is 288 g/mol. The Morgan fingerprint density at radius 3 is 2.86 bits per heavy atom. The fourth-order valence-corrected chi connectivity index (χ4v) is 1.90. The molecule has 0 amide bonds. The second kappa shape index (κ2) is 6.49. The van der Waals surface area contributed by atoms with E-state index < -0.39 is 0 Å². The summed E-state index contributed by atoms with van der Waals surface area (Å²) in [6, 6.07) is 0. The van der Waals surface area contributed by atoms with Gasteiger partial charge in [0.2, 0.25) is 5.88 Å². The molecule has 0 atom stereocenters. The van der Waals surface area contributed by atoms with Crippen molar-refractivity contribution in [3.63, 3.8) is 0 Å². The number of nitrogens with one attached hydrogen (secondary N) is 1. The summed E-state index contributed by atoms with van der Waals surface area (Å²) in [5.74, 6) is 0.340. The van der Waals surface area contributed by atoms with E-state index in [-0.39, 0.29) is 11.9 Å². The van der Waals surface area contributed by atoms with Crippen LogP contribution in [-0.4, -0.2) is 52.4 Å². The van der Waals surface area contributed by atoms with Crippen molar-refractivity contribution in [3.05, 3.63) is 30.2 Å². The SMILES string of the molecule is CC(C)Oc1ncnc2[nH]cc(C(=O)/C=C/CN(C)C)c12. The standard InChI is InChI=1S/C15H20N4O2/c1-10(2)21-15-13-11(8-16-14(13)17-9-18-15)12(20)6-5-7-19(3)4/h5-6,8-10H,7H2,1-4H3,(H,16,17,18)/b6-5+. The van der Waals surface area contributed by atoms with Crippen molar-refractivity contribution in [1.82, 2.24) is 19.9 Å². The number of allylic oxidation sites excluding steroid dienone is 1. The van der Waals surface area contributed by atoms with Gasteiger partial charge in [0.25, 0.3) is 0 Å². The van der Waals surface area contributed by atoms with E-state index in [9.17, 15) is 4.79 Å². The van der Waals surface area contributed by atoms with E-state index in [0.29, 0.717) is 29.0 Å². The Bertz CT molecular complexity index is 659. The molecule has 0 spiro atoms. The van der Waals surface area contributed by atoms with Crippen LogP contribution in [0.2, 0.25) is 0 Å². The van der Waals surface area contributed by atoms with Crippen molar-refractivity contribution in [3.8, 4) is 5.88 Å². The highest BCUT2D eigenvalue weighted by molar-refractivity contribution is 6.13. The minimum Gasteiger partial charge on any atom is -0.474 e. The molecule has 6 heteroatoms. The lowest BCUT2D eigenvalue weighted by Crippen LogP contribution is -2.11. The fraction of sp³-hybridized carbons (Fsp3) is 0.400. The number of rotatable bonds is 6. The minimum atomic E-state index is -0.0912. The summed E-state index contributed by atoms with van der Waals surface area (Å²) in [5.41, 5.74) is 1.13. The summed E-state index contributed by atoms with van der Waals surface area (Å²) < 4.78 is 5.66. The molecule has 21 heavy (non-hydrogen) atoms. The molecule has 0 saturated heterocycles. The first-order valence-corrected chi connectivity index (χ1v) is 6.83. The number of aromatic amines is 1. The summed E-state index contributed by atoms with van der Waals surface area (Å²) in [6.07, 6.45) is 6.44. The molecular formula is C15H20N4O2. The van der Waals surface area contributed by atoms with Gasteiger partial charge in [-0.3, -0.25) is 4.79 Å². The summed E-state index contributed by atoms with van der Waals surface area (Å²) in [6.45, 7) is 4.54. The van der Waals surface area contributed by atoms with E-state index in [1.807, 2.05) is 38.9 Å². The summed E-state index contributed by atoms with van der Waals surface area (Å²) in [5, 5.41) is 0.630. The minimum absolute atomic E-state index is 0.0229. The average Bonchev–Trinajstić information content (AvgIpc) is 2.82. The highest BCUT2D eigenvalue weighted by atomic mass is 16.5. The number of likely N-dealkylation sites (N-methyl/N-ethyl adjacent to an activating group) is 1. The first kappa shape index (κ1) is 15.2. The smallest absolute Gasteiger partial charge is 0.227 e. The van der Waals surface area contributed by atoms with Gasteiger partial charge in [-0.1, -0.05) is 6.08 Å². The van der Waals surface area contributed by atoms with Gasteiger partial charge in [-0.2, -0.15) is 0 Å². The first-order chi connectivity index (χ1) is 9.99. The number of ether oxygens (including phenoxy) is 1. The number of hydrogen-bond acceptors (Lipinski definition) is 5. The molecule has 2 rings (SSSR count). The van der Waals surface area contributed by atoms with Crippen LogP contribution in [0.3, 0.4) is 0 Å². The van der Waals surface area contributed by atoms with Crippen LogP contribution in [0.25, 0.3) is 11.0 Å². The summed E-state index contributed by atoms with van der Waals surface area (Å²) >= 11 is 0. The molecule has 1 N–H and O–H groups in total. The third-order valence-corrected chi connectivity index (χ3v) is 2.79. The van der Waals surface area contributed by atoms with E-state index in [2.05, 4.69) is 15.0 Å². The molecule has 0 aromatic carbocycles. The van der Waals surface area contributed by atoms with Crippen LogP contribution in [0.5, 0.6) is 5.88 Å². The van der Waals surface area contributed by atoms with Gasteiger partial charge in [0.15, 0.2) is 5.78 Å². The molecule has 0 unspecified atom stereocenters. The zero-order chi connectivity index (χ0) is 15.4. The molecular weight excluding hydrogens is 268 g/mol. The molecule has 112 valence electrons. The highest BCUT2D eigenvalue weighted by Crippen LogP contribution is 2.26. The van der Waals surface area contributed by atoms with Gasteiger partial charge in [0.05, 0.1) is 17.1 Å². The van der Waals surface area contributed by atoms with E-state index in [1.54, 1.807) is 12.3 Å². The lowest BCUT2D eigenvalue weighted by molar-refractivity contribution is 0.104. The second-order valence-electron chi connectivity index (χ2n) is 5.30. The van der Waals surface area contributed by atoms with Gasteiger partial charge < -0.3 is 14.6 Å². The first-order valence-electron chi connectivity index (χ1n) is 6.83. The summed E-state index contributed by atoms with van der Waals surface area (Å²) in [7, 11) is 3.89. The van der Waals surface area contributed by atoms with E-state index in [1.165, 1.54) is 6.33 Å². The van der Waals surface area contributed by atoms with Crippen LogP contribution in [0.4, 0.5) is 0 Å². The number of fused-ring (bicyclic) bond motifs is 1. The number of carbonyl (C=O) groups excluding carboxylic acids is 1. The number of H-pyrrole nitrogens is 1. The van der Waals surface area contributed by atoms with E-state index >= 15 is 0 Å². The maximum atomic E-state index is 12.3. The number of ketones is 1. The van der Waals surface area contributed by atoms with Crippen molar-refractivity contribution in [2.45, 2.75) is 20.0 Å². The number of nitrogens with zero attached hydrogens (tertiary/aromatic N) is 3. The van der Waals surface area contributed by atoms with Crippen LogP contribution < -0.4 is 4.74 Å². The Morgan fingerprint density at radius 1 is 1.43 bits per heavy atom. The monoisotopic (exact) mass is 288 g/mol. The third kappa shape index (κ3) is 3.66. The quantitative estimate of drug-likeness (QED) is 0.650. The van der Waals surface area contributed by atoms with E-state index in [4.69, 9.17) is 4.74 Å². The molecule has 2 heterocycles. The molecule has 6 nitrogen and oxygen atoms in total. The lowest BCUT2D eigenvalue weighted by atomic mass is 10.1. The zero-order valence-electron chi connectivity index (χ0n) is 12.8. The molecule has 0 fully saturated rings. The van der Waals surface area contributed by atoms with Crippen LogP contribution in [0.1, 0.15) is 24.2 Å². The molecule has 0 radical (unpaired) electrons. The van der Waals surface area contributed by atoms with Crippen LogP contribution in [0, 0.1) is 0 Å². The van der Waals surface area contributed by atoms with Gasteiger partial charge in [-0.25, -0.2) is 9.97 Å². The Kier molecular flexibility index (Phi) is 4.70. The molecule has 0 bridgehead atoms. The fourth-order valence-electron chi connectivity index (χ4n) is 1.90. The van der Waals surface area contributed by atoms with Gasteiger partial charge in [0.1, 0.15) is 12.0 Å². The zero-order valence-corrected chi connectivity index (χ0v) is 12.8. The molecule has 0 aliphatic heterocycles. The van der Waals surface area contributed by atoms with Crippen LogP contribution in [0.15, 0.2) is 24.7 Å². The molecule has 0 aliphatic carbocycles. The van der Waals surface area contributed by atoms with Crippen molar-refractivity contribution in [2.24, 2.45) is 0 Å². The second-order valence-corrected chi connectivity index (χ2v) is 5.30.